The molecule has 1 heterocycles. The summed E-state index contributed by atoms with van der Waals surface area (Å²) in [6.45, 7) is -1.29. The quantitative estimate of drug-likeness (QED) is 0.610. The van der Waals surface area contributed by atoms with E-state index in [-0.39, 0.29) is 10.7 Å². The Kier molecular flexibility index (Phi) is 2.79. The van der Waals surface area contributed by atoms with E-state index in [2.05, 4.69) is 22.4 Å². The molecule has 0 bridgehead atoms. The number of nitrogen functional groups attached to an aromatic ring is 1. The van der Waals surface area contributed by atoms with Crippen LogP contribution < -0.4 is 5.73 Å². The molecule has 14 heavy (non-hydrogen) atoms. The van der Waals surface area contributed by atoms with Gasteiger partial charge in [-0.05, 0) is 12.2 Å². The highest BCUT2D eigenvalue weighted by molar-refractivity contribution is 7.71. The van der Waals surface area contributed by atoms with Crippen LogP contribution >= 0.6 is 12.2 Å². The van der Waals surface area contributed by atoms with E-state index in [1.54, 1.807) is 0 Å². The number of H-pyrrole nitrogens is 1. The summed E-state index contributed by atoms with van der Waals surface area (Å²) in [5.41, 5.74) is 5.12. The summed E-state index contributed by atoms with van der Waals surface area (Å²) in [6, 6.07) is 0. The summed E-state index contributed by atoms with van der Waals surface area (Å²) in [6.07, 6.45) is -3.77. The molecule has 1 rings (SSSR count). The highest BCUT2D eigenvalue weighted by Gasteiger charge is 2.41. The molecule has 1 aromatic rings. The monoisotopic (exact) mass is 230 g/mol. The maximum atomic E-state index is 12.6. The summed E-state index contributed by atoms with van der Waals surface area (Å²) in [5, 5.41) is 5.42. The molecule has 0 aliphatic heterocycles. The number of nitrogens with one attached hydrogen (secondary N) is 1. The Morgan fingerprint density at radius 1 is 1.57 bits per heavy atom. The third kappa shape index (κ3) is 2.03. The van der Waals surface area contributed by atoms with Gasteiger partial charge in [0.2, 0.25) is 5.95 Å². The standard InChI is InChI=1S/C5H6F4N4S/c6-2(7)5(8,9)1-13-3(10)11-12-4(13)14/h2H,1H2,(H2,10,11)(H,12,14). The Balaban J connectivity index is 2.94. The predicted molar refractivity (Wildman–Crippen MR) is 42.8 cm³/mol. The number of halogens is 4. The van der Waals surface area contributed by atoms with Crippen molar-refractivity contribution >= 4 is 18.2 Å². The zero-order valence-corrected chi connectivity index (χ0v) is 7.49. The number of anilines is 1. The predicted octanol–water partition coefficient (Wildman–Crippen LogP) is 1.42. The molecule has 0 aromatic carbocycles. The van der Waals surface area contributed by atoms with Crippen molar-refractivity contribution < 1.29 is 17.6 Å². The fourth-order valence-electron chi connectivity index (χ4n) is 0.762. The fraction of sp³-hybridized carbons (Fsp3) is 0.600. The number of nitrogens with two attached hydrogens (primary N) is 1. The maximum absolute atomic E-state index is 12.6. The summed E-state index contributed by atoms with van der Waals surface area (Å²) >= 11 is 4.51. The smallest absolute Gasteiger partial charge is 0.325 e. The molecule has 3 N–H and O–H groups in total. The van der Waals surface area contributed by atoms with Crippen LogP contribution in [0.5, 0.6) is 0 Å². The molecule has 0 aliphatic carbocycles. The summed E-state index contributed by atoms with van der Waals surface area (Å²) in [4.78, 5) is 0. The Labute approximate surface area is 80.7 Å². The van der Waals surface area contributed by atoms with E-state index in [1.165, 1.54) is 0 Å². The molecule has 0 saturated carbocycles. The van der Waals surface area contributed by atoms with Gasteiger partial charge in [0.15, 0.2) is 4.77 Å². The van der Waals surface area contributed by atoms with E-state index < -0.39 is 18.9 Å². The molecular formula is C5H6F4N4S. The van der Waals surface area contributed by atoms with Crippen LogP contribution in [-0.4, -0.2) is 27.1 Å². The first-order valence-electron chi connectivity index (χ1n) is 3.41. The SMILES string of the molecule is Nc1n[nH]c(=S)n1CC(F)(F)C(F)F. The average Bonchev–Trinajstić information content (AvgIpc) is 2.35. The number of rotatable bonds is 3. The van der Waals surface area contributed by atoms with Crippen LogP contribution in [0.15, 0.2) is 0 Å². The molecular weight excluding hydrogens is 224 g/mol. The molecule has 0 spiro atoms. The van der Waals surface area contributed by atoms with E-state index in [9.17, 15) is 17.6 Å². The lowest BCUT2D eigenvalue weighted by molar-refractivity contribution is -0.137. The number of hydrogen-bond donors (Lipinski definition) is 2. The molecule has 0 aliphatic rings. The minimum Gasteiger partial charge on any atom is -0.368 e. The van der Waals surface area contributed by atoms with E-state index >= 15 is 0 Å². The van der Waals surface area contributed by atoms with Crippen LogP contribution in [0.25, 0.3) is 0 Å². The minimum atomic E-state index is -4.17. The highest BCUT2D eigenvalue weighted by atomic mass is 32.1. The van der Waals surface area contributed by atoms with Crippen LogP contribution in [0.1, 0.15) is 0 Å². The molecule has 0 atom stereocenters. The summed E-state index contributed by atoms with van der Waals surface area (Å²) < 4.78 is 49.1. The molecule has 80 valence electrons. The Bertz CT molecular complexity index is 370. The largest absolute Gasteiger partial charge is 0.368 e. The second-order valence-corrected chi connectivity index (χ2v) is 2.92. The molecule has 0 radical (unpaired) electrons. The first kappa shape index (κ1) is 11.0. The second kappa shape index (κ2) is 3.56. The number of aromatic amines is 1. The average molecular weight is 230 g/mol. The van der Waals surface area contributed by atoms with E-state index in [4.69, 9.17) is 5.73 Å². The van der Waals surface area contributed by atoms with Gasteiger partial charge in [-0.25, -0.2) is 13.9 Å². The summed E-state index contributed by atoms with van der Waals surface area (Å²) in [5.74, 6) is -4.52. The van der Waals surface area contributed by atoms with Crippen LogP contribution in [0.3, 0.4) is 0 Å². The van der Waals surface area contributed by atoms with Crippen molar-refractivity contribution in [2.24, 2.45) is 0 Å². The molecule has 1 aromatic heterocycles. The Morgan fingerprint density at radius 2 is 2.14 bits per heavy atom. The van der Waals surface area contributed by atoms with Crippen molar-refractivity contribution in [1.82, 2.24) is 14.8 Å². The fourth-order valence-corrected chi connectivity index (χ4v) is 0.966. The van der Waals surface area contributed by atoms with Crippen molar-refractivity contribution in [1.29, 1.82) is 0 Å². The van der Waals surface area contributed by atoms with Crippen LogP contribution in [-0.2, 0) is 6.54 Å². The normalized spacial score (nSPS) is 12.4. The Morgan fingerprint density at radius 3 is 2.50 bits per heavy atom. The van der Waals surface area contributed by atoms with Crippen molar-refractivity contribution in [2.45, 2.75) is 18.9 Å². The van der Waals surface area contributed by atoms with Crippen LogP contribution in [0, 0.1) is 4.77 Å². The number of aromatic nitrogens is 3. The number of hydrogen-bond acceptors (Lipinski definition) is 3. The summed E-state index contributed by atoms with van der Waals surface area (Å²) in [7, 11) is 0. The van der Waals surface area contributed by atoms with Gasteiger partial charge in [-0.2, -0.15) is 8.78 Å². The van der Waals surface area contributed by atoms with Crippen LogP contribution in [0.4, 0.5) is 23.5 Å². The van der Waals surface area contributed by atoms with Crippen molar-refractivity contribution in [3.8, 4) is 0 Å². The van der Waals surface area contributed by atoms with Crippen LogP contribution in [0.2, 0.25) is 0 Å². The van der Waals surface area contributed by atoms with Crippen molar-refractivity contribution in [3.05, 3.63) is 4.77 Å². The van der Waals surface area contributed by atoms with E-state index in [1.807, 2.05) is 0 Å². The second-order valence-electron chi connectivity index (χ2n) is 2.53. The van der Waals surface area contributed by atoms with Crippen molar-refractivity contribution in [2.75, 3.05) is 5.73 Å². The van der Waals surface area contributed by atoms with Gasteiger partial charge >= 0.3 is 12.3 Å². The molecule has 0 unspecified atom stereocenters. The highest BCUT2D eigenvalue weighted by Crippen LogP contribution is 2.25. The third-order valence-corrected chi connectivity index (χ3v) is 1.79. The van der Waals surface area contributed by atoms with Gasteiger partial charge in [-0.15, -0.1) is 5.10 Å². The molecule has 0 saturated heterocycles. The van der Waals surface area contributed by atoms with Gasteiger partial charge in [0.05, 0.1) is 6.54 Å². The van der Waals surface area contributed by atoms with E-state index in [0.29, 0.717) is 4.57 Å². The molecule has 0 fully saturated rings. The third-order valence-electron chi connectivity index (χ3n) is 1.48. The lowest BCUT2D eigenvalue weighted by Gasteiger charge is -2.15. The van der Waals surface area contributed by atoms with Gasteiger partial charge in [0.1, 0.15) is 0 Å². The molecule has 0 amide bonds. The van der Waals surface area contributed by atoms with Gasteiger partial charge in [-0.3, -0.25) is 4.57 Å². The lowest BCUT2D eigenvalue weighted by atomic mass is 10.3. The van der Waals surface area contributed by atoms with Gasteiger partial charge in [0, 0.05) is 0 Å². The number of alkyl halides is 4. The Hall–Kier alpha value is -1.12. The molecule has 9 heteroatoms. The first-order chi connectivity index (χ1) is 6.34. The minimum absolute atomic E-state index is 0.220. The topological polar surface area (TPSA) is 59.6 Å². The lowest BCUT2D eigenvalue weighted by Crippen LogP contribution is -2.32. The van der Waals surface area contributed by atoms with Crippen molar-refractivity contribution in [3.63, 3.8) is 0 Å². The number of nitrogens with zero attached hydrogens (tertiary/aromatic N) is 2. The maximum Gasteiger partial charge on any atom is 0.325 e. The van der Waals surface area contributed by atoms with E-state index in [0.717, 1.165) is 0 Å². The zero-order valence-electron chi connectivity index (χ0n) is 6.68. The van der Waals surface area contributed by atoms with Gasteiger partial charge in [0.25, 0.3) is 0 Å². The van der Waals surface area contributed by atoms with Gasteiger partial charge in [-0.1, -0.05) is 0 Å². The zero-order chi connectivity index (χ0) is 10.9. The van der Waals surface area contributed by atoms with Gasteiger partial charge < -0.3 is 5.73 Å². The molecule has 4 nitrogen and oxygen atoms in total. The first-order valence-corrected chi connectivity index (χ1v) is 3.82.